The highest BCUT2D eigenvalue weighted by atomic mass is 32.2. The van der Waals surface area contributed by atoms with Gasteiger partial charge in [-0.1, -0.05) is 12.1 Å². The van der Waals surface area contributed by atoms with Gasteiger partial charge in [0.15, 0.2) is 0 Å². The van der Waals surface area contributed by atoms with Crippen LogP contribution in [0.25, 0.3) is 33.3 Å². The first kappa shape index (κ1) is 24.6. The van der Waals surface area contributed by atoms with Gasteiger partial charge >= 0.3 is 6.18 Å². The second-order valence-electron chi connectivity index (χ2n) is 8.92. The van der Waals surface area contributed by atoms with Crippen LogP contribution >= 0.6 is 11.5 Å². The third-order valence-electron chi connectivity index (χ3n) is 6.54. The minimum Gasteiger partial charge on any atom is -0.350 e. The van der Waals surface area contributed by atoms with Crippen molar-refractivity contribution < 1.29 is 21.6 Å². The Labute approximate surface area is 219 Å². The minimum absolute atomic E-state index is 0.0242. The van der Waals surface area contributed by atoms with E-state index in [1.165, 1.54) is 24.5 Å². The van der Waals surface area contributed by atoms with Gasteiger partial charge < -0.3 is 9.88 Å². The molecule has 5 aromatic rings. The first-order chi connectivity index (χ1) is 18.1. The topological polar surface area (TPSA) is 107 Å². The van der Waals surface area contributed by atoms with E-state index in [2.05, 4.69) is 24.5 Å². The number of hydrogen-bond acceptors (Lipinski definition) is 7. The lowest BCUT2D eigenvalue weighted by molar-refractivity contribution is -0.137. The van der Waals surface area contributed by atoms with Gasteiger partial charge in [-0.3, -0.25) is 9.40 Å². The summed E-state index contributed by atoms with van der Waals surface area (Å²) in [5.74, 6) is 0. The number of nitrogens with zero attached hydrogens (tertiary/aromatic N) is 5. The van der Waals surface area contributed by atoms with Crippen molar-refractivity contribution in [1.29, 1.82) is 0 Å². The molecule has 1 aliphatic rings. The number of sulfonamides is 1. The normalized spacial score (nSPS) is 14.6. The summed E-state index contributed by atoms with van der Waals surface area (Å²) in [7, 11) is -2.16. The minimum atomic E-state index is -4.52. The van der Waals surface area contributed by atoms with Crippen LogP contribution in [0.2, 0.25) is 0 Å². The van der Waals surface area contributed by atoms with Crippen LogP contribution in [0.3, 0.4) is 0 Å². The van der Waals surface area contributed by atoms with E-state index in [-0.39, 0.29) is 16.1 Å². The Morgan fingerprint density at radius 2 is 1.89 bits per heavy atom. The number of aryl methyl sites for hydroxylation is 1. The summed E-state index contributed by atoms with van der Waals surface area (Å²) in [6.07, 6.45) is 0.113. The molecule has 0 atom stereocenters. The molecule has 9 nitrogen and oxygen atoms in total. The zero-order valence-corrected chi connectivity index (χ0v) is 21.4. The van der Waals surface area contributed by atoms with Gasteiger partial charge in [-0.05, 0) is 35.9 Å². The number of hydrogen-bond donors (Lipinski definition) is 2. The van der Waals surface area contributed by atoms with Crippen LogP contribution in [0.4, 0.5) is 18.3 Å². The monoisotopic (exact) mass is 559 g/mol. The molecule has 2 aromatic carbocycles. The average Bonchev–Trinajstić information content (AvgIpc) is 3.58. The van der Waals surface area contributed by atoms with Crippen molar-refractivity contribution in [3.05, 3.63) is 66.7 Å². The van der Waals surface area contributed by atoms with Crippen molar-refractivity contribution in [2.24, 2.45) is 7.05 Å². The number of rotatable bonds is 6. The molecule has 1 aliphatic heterocycles. The molecule has 0 amide bonds. The number of benzene rings is 2. The van der Waals surface area contributed by atoms with E-state index in [9.17, 15) is 21.6 Å². The second kappa shape index (κ2) is 8.92. The second-order valence-corrected chi connectivity index (χ2v) is 11.4. The fourth-order valence-electron chi connectivity index (χ4n) is 4.57. The number of halogens is 3. The van der Waals surface area contributed by atoms with Crippen LogP contribution in [-0.2, 0) is 23.2 Å². The predicted octanol–water partition coefficient (Wildman–Crippen LogP) is 4.52. The van der Waals surface area contributed by atoms with Crippen molar-refractivity contribution in [3.8, 4) is 22.4 Å². The van der Waals surface area contributed by atoms with Crippen molar-refractivity contribution >= 4 is 37.6 Å². The molecule has 2 N–H and O–H groups in total. The van der Waals surface area contributed by atoms with Crippen LogP contribution in [0, 0.1) is 0 Å². The molecule has 0 spiro atoms. The fraction of sp³-hybridized carbons (Fsp3) is 0.208. The zero-order chi connectivity index (χ0) is 26.7. The van der Waals surface area contributed by atoms with Crippen LogP contribution < -0.4 is 10.0 Å². The highest BCUT2D eigenvalue weighted by molar-refractivity contribution is 7.93. The van der Waals surface area contributed by atoms with E-state index >= 15 is 0 Å². The van der Waals surface area contributed by atoms with E-state index < -0.39 is 21.8 Å². The summed E-state index contributed by atoms with van der Waals surface area (Å²) >= 11 is 0.917. The van der Waals surface area contributed by atoms with E-state index in [0.717, 1.165) is 23.7 Å². The van der Waals surface area contributed by atoms with Crippen LogP contribution in [0.1, 0.15) is 11.6 Å². The van der Waals surface area contributed by atoms with Gasteiger partial charge in [0.1, 0.15) is 6.33 Å². The number of alkyl halides is 3. The average molecular weight is 560 g/mol. The summed E-state index contributed by atoms with van der Waals surface area (Å²) in [5, 5.41) is 8.39. The molecule has 0 bridgehead atoms. The summed E-state index contributed by atoms with van der Waals surface area (Å²) in [6.45, 7) is 1.36. The maximum absolute atomic E-state index is 13.7. The maximum Gasteiger partial charge on any atom is 0.416 e. The quantitative estimate of drug-likeness (QED) is 0.317. The van der Waals surface area contributed by atoms with Gasteiger partial charge in [0.2, 0.25) is 5.13 Å². The van der Waals surface area contributed by atoms with Crippen LogP contribution in [0.15, 0.2) is 66.1 Å². The summed E-state index contributed by atoms with van der Waals surface area (Å²) in [4.78, 5) is 3.88. The van der Waals surface area contributed by atoms with Crippen LogP contribution in [0.5, 0.6) is 0 Å². The molecule has 0 unspecified atom stereocenters. The highest BCUT2D eigenvalue weighted by Gasteiger charge is 2.32. The molecule has 3 aromatic heterocycles. The third kappa shape index (κ3) is 4.23. The Hall–Kier alpha value is -3.75. The Morgan fingerprint density at radius 3 is 2.58 bits per heavy atom. The molecule has 0 radical (unpaired) electrons. The zero-order valence-electron chi connectivity index (χ0n) is 19.8. The van der Waals surface area contributed by atoms with Crippen molar-refractivity contribution in [3.63, 3.8) is 0 Å². The van der Waals surface area contributed by atoms with Crippen molar-refractivity contribution in [2.75, 3.05) is 17.8 Å². The third-order valence-corrected chi connectivity index (χ3v) is 8.59. The Bertz CT molecular complexity index is 1760. The maximum atomic E-state index is 13.7. The number of aromatic nitrogens is 5. The molecule has 1 saturated heterocycles. The number of fused-ring (bicyclic) bond motifs is 1. The first-order valence-corrected chi connectivity index (χ1v) is 13.7. The van der Waals surface area contributed by atoms with Crippen molar-refractivity contribution in [2.45, 2.75) is 17.1 Å². The molecular weight excluding hydrogens is 539 g/mol. The summed E-state index contributed by atoms with van der Waals surface area (Å²) < 4.78 is 76.7. The van der Waals surface area contributed by atoms with Gasteiger partial charge in [-0.15, -0.1) is 0 Å². The summed E-state index contributed by atoms with van der Waals surface area (Å²) in [5.41, 5.74) is 2.07. The summed E-state index contributed by atoms with van der Waals surface area (Å²) in [6, 6.07) is 10.1. The van der Waals surface area contributed by atoms with Gasteiger partial charge in [0, 0.05) is 66.1 Å². The largest absolute Gasteiger partial charge is 0.416 e. The van der Waals surface area contributed by atoms with E-state index in [0.29, 0.717) is 46.4 Å². The van der Waals surface area contributed by atoms with Gasteiger partial charge in [-0.25, -0.2) is 13.4 Å². The molecule has 4 heterocycles. The van der Waals surface area contributed by atoms with Crippen LogP contribution in [-0.4, -0.2) is 45.2 Å². The highest BCUT2D eigenvalue weighted by Crippen LogP contribution is 2.41. The standard InChI is InChI=1S/C24H20F3N7O2S2/c1-33-12-20(18-5-3-16(9-22(18)33)38(35,36)32-23-29-13-31-37-23)17-4-2-14(24(25,26)27)8-19(17)21-6-7-30-34(21)15-10-28-11-15/h2-9,12-13,15,28H,10-11H2,1H3,(H,29,31,32). The Kier molecular flexibility index (Phi) is 5.77. The molecule has 6 rings (SSSR count). The van der Waals surface area contributed by atoms with Gasteiger partial charge in [-0.2, -0.15) is 22.6 Å². The smallest absolute Gasteiger partial charge is 0.350 e. The Balaban J connectivity index is 1.49. The lowest BCUT2D eigenvalue weighted by Crippen LogP contribution is -2.44. The molecule has 14 heteroatoms. The van der Waals surface area contributed by atoms with E-state index in [1.54, 1.807) is 40.8 Å². The fourth-order valence-corrected chi connectivity index (χ4v) is 6.25. The molecule has 196 valence electrons. The lowest BCUT2D eigenvalue weighted by Gasteiger charge is -2.29. The van der Waals surface area contributed by atoms with Gasteiger partial charge in [0.25, 0.3) is 10.0 Å². The first-order valence-electron chi connectivity index (χ1n) is 11.5. The van der Waals surface area contributed by atoms with Gasteiger partial charge in [0.05, 0.1) is 22.2 Å². The number of nitrogens with one attached hydrogen (secondary N) is 2. The molecule has 1 fully saturated rings. The SMILES string of the molecule is Cn1cc(-c2ccc(C(F)(F)F)cc2-c2ccnn2C2CNC2)c2ccc(S(=O)(=O)Nc3ncns3)cc21. The molecule has 0 saturated carbocycles. The van der Waals surface area contributed by atoms with Crippen molar-refractivity contribution in [1.82, 2.24) is 29.0 Å². The molecular formula is C24H20F3N7O2S2. The molecule has 0 aliphatic carbocycles. The Morgan fingerprint density at radius 1 is 1.08 bits per heavy atom. The van der Waals surface area contributed by atoms with E-state index in [1.807, 2.05) is 0 Å². The lowest BCUT2D eigenvalue weighted by atomic mass is 9.94. The number of anilines is 1. The van der Waals surface area contributed by atoms with E-state index in [4.69, 9.17) is 0 Å². The molecule has 38 heavy (non-hydrogen) atoms. The predicted molar refractivity (Wildman–Crippen MR) is 137 cm³/mol.